The first kappa shape index (κ1) is 13.8. The van der Waals surface area contributed by atoms with Gasteiger partial charge in [0, 0.05) is 23.9 Å². The highest BCUT2D eigenvalue weighted by Crippen LogP contribution is 2.43. The minimum absolute atomic E-state index is 0.0328. The first-order valence-corrected chi connectivity index (χ1v) is 7.31. The Kier molecular flexibility index (Phi) is 3.75. The molecule has 3 rings (SSSR count). The van der Waals surface area contributed by atoms with Crippen LogP contribution in [0, 0.1) is 5.41 Å². The highest BCUT2D eigenvalue weighted by Gasteiger charge is 2.37. The first-order chi connectivity index (χ1) is 10.2. The third-order valence-electron chi connectivity index (χ3n) is 4.34. The van der Waals surface area contributed by atoms with E-state index in [1.807, 2.05) is 30.3 Å². The molecule has 1 saturated carbocycles. The highest BCUT2D eigenvalue weighted by atomic mass is 16.1. The summed E-state index contributed by atoms with van der Waals surface area (Å²) in [5.74, 6) is 0.0434. The number of H-pyrrole nitrogens is 1. The number of anilines is 1. The number of aromatic nitrogens is 2. The molecule has 0 bridgehead atoms. The lowest BCUT2D eigenvalue weighted by atomic mass is 9.66. The lowest BCUT2D eigenvalue weighted by Gasteiger charge is -2.40. The van der Waals surface area contributed by atoms with Gasteiger partial charge in [0.25, 0.3) is 0 Å². The molecule has 2 aromatic rings. The van der Waals surface area contributed by atoms with Crippen molar-refractivity contribution in [1.82, 2.24) is 10.2 Å². The first-order valence-electron chi connectivity index (χ1n) is 7.31. The van der Waals surface area contributed by atoms with Crippen molar-refractivity contribution in [1.29, 1.82) is 0 Å². The summed E-state index contributed by atoms with van der Waals surface area (Å²) >= 11 is 0. The minimum atomic E-state index is 0.0328. The van der Waals surface area contributed by atoms with E-state index < -0.39 is 0 Å². The number of amides is 1. The number of rotatable bonds is 5. The molecule has 0 saturated heterocycles. The lowest BCUT2D eigenvalue weighted by Crippen LogP contribution is -2.40. The van der Waals surface area contributed by atoms with E-state index in [-0.39, 0.29) is 11.3 Å². The number of nitrogens with one attached hydrogen (secondary N) is 2. The Labute approximate surface area is 123 Å². The Morgan fingerprint density at radius 3 is 2.86 bits per heavy atom. The standard InChI is InChI=1S/C16H20N4O/c17-11-16(6-2-7-16)10-15(21)19-13-4-1-3-12(9-13)14-5-8-18-20-14/h1,3-5,8-9H,2,6-7,10-11,17H2,(H,18,20)(H,19,21). The zero-order valence-electron chi connectivity index (χ0n) is 11.9. The molecule has 1 aliphatic carbocycles. The van der Waals surface area contributed by atoms with Crippen molar-refractivity contribution in [2.24, 2.45) is 11.1 Å². The molecule has 0 spiro atoms. The van der Waals surface area contributed by atoms with Crippen LogP contribution in [0.2, 0.25) is 0 Å². The monoisotopic (exact) mass is 284 g/mol. The maximum absolute atomic E-state index is 12.2. The van der Waals surface area contributed by atoms with Crippen LogP contribution in [0.5, 0.6) is 0 Å². The van der Waals surface area contributed by atoms with Crippen LogP contribution in [0.25, 0.3) is 11.3 Å². The number of nitrogens with zero attached hydrogens (tertiary/aromatic N) is 1. The fraction of sp³-hybridized carbons (Fsp3) is 0.375. The van der Waals surface area contributed by atoms with E-state index in [4.69, 9.17) is 5.73 Å². The van der Waals surface area contributed by atoms with Gasteiger partial charge in [-0.1, -0.05) is 18.6 Å². The Bertz CT molecular complexity index is 611. The van der Waals surface area contributed by atoms with Crippen LogP contribution >= 0.6 is 0 Å². The predicted molar refractivity (Wildman–Crippen MR) is 82.6 cm³/mol. The molecular weight excluding hydrogens is 264 g/mol. The van der Waals surface area contributed by atoms with Gasteiger partial charge in [0.2, 0.25) is 5.91 Å². The van der Waals surface area contributed by atoms with Crippen LogP contribution in [0.1, 0.15) is 25.7 Å². The van der Waals surface area contributed by atoms with Gasteiger partial charge >= 0.3 is 0 Å². The minimum Gasteiger partial charge on any atom is -0.330 e. The van der Waals surface area contributed by atoms with Crippen LogP contribution in [0.3, 0.4) is 0 Å². The molecule has 110 valence electrons. The Hall–Kier alpha value is -2.14. The quantitative estimate of drug-likeness (QED) is 0.789. The van der Waals surface area contributed by atoms with E-state index >= 15 is 0 Å². The third-order valence-corrected chi connectivity index (χ3v) is 4.34. The molecule has 1 aromatic carbocycles. The number of aromatic amines is 1. The Balaban J connectivity index is 1.67. The zero-order chi connectivity index (χ0) is 14.7. The topological polar surface area (TPSA) is 83.8 Å². The normalized spacial score (nSPS) is 16.2. The van der Waals surface area contributed by atoms with Crippen molar-refractivity contribution in [2.45, 2.75) is 25.7 Å². The summed E-state index contributed by atoms with van der Waals surface area (Å²) in [5.41, 5.74) is 8.58. The average molecular weight is 284 g/mol. The van der Waals surface area contributed by atoms with E-state index in [2.05, 4.69) is 15.5 Å². The van der Waals surface area contributed by atoms with Crippen LogP contribution < -0.4 is 11.1 Å². The van der Waals surface area contributed by atoms with Gasteiger partial charge in [-0.25, -0.2) is 0 Å². The van der Waals surface area contributed by atoms with Crippen LogP contribution in [0.4, 0.5) is 5.69 Å². The van der Waals surface area contributed by atoms with Gasteiger partial charge in [0.15, 0.2) is 0 Å². The van der Waals surface area contributed by atoms with Crippen LogP contribution in [0.15, 0.2) is 36.5 Å². The van der Waals surface area contributed by atoms with Crippen molar-refractivity contribution in [3.05, 3.63) is 36.5 Å². The second-order valence-corrected chi connectivity index (χ2v) is 5.83. The van der Waals surface area contributed by atoms with E-state index in [9.17, 15) is 4.79 Å². The fourth-order valence-electron chi connectivity index (χ4n) is 2.86. The van der Waals surface area contributed by atoms with Crippen molar-refractivity contribution < 1.29 is 4.79 Å². The summed E-state index contributed by atoms with van der Waals surface area (Å²) < 4.78 is 0. The number of nitrogens with two attached hydrogens (primary N) is 1. The average Bonchev–Trinajstić information content (AvgIpc) is 2.97. The van der Waals surface area contributed by atoms with Crippen LogP contribution in [-0.2, 0) is 4.79 Å². The number of hydrogen-bond donors (Lipinski definition) is 3. The zero-order valence-corrected chi connectivity index (χ0v) is 11.9. The molecule has 1 aliphatic rings. The summed E-state index contributed by atoms with van der Waals surface area (Å²) in [6.45, 7) is 0.592. The molecule has 5 heteroatoms. The Morgan fingerprint density at radius 2 is 2.24 bits per heavy atom. The SMILES string of the molecule is NCC1(CC(=O)Nc2cccc(-c3ccn[nH]3)c2)CCC1. The molecule has 0 aliphatic heterocycles. The third kappa shape index (κ3) is 2.97. The maximum Gasteiger partial charge on any atom is 0.224 e. The number of carbonyl (C=O) groups is 1. The van der Waals surface area contributed by atoms with E-state index in [1.54, 1.807) is 6.20 Å². The second-order valence-electron chi connectivity index (χ2n) is 5.83. The van der Waals surface area contributed by atoms with E-state index in [0.29, 0.717) is 13.0 Å². The molecule has 0 radical (unpaired) electrons. The summed E-state index contributed by atoms with van der Waals surface area (Å²) in [7, 11) is 0. The van der Waals surface area contributed by atoms with Crippen molar-refractivity contribution >= 4 is 11.6 Å². The molecule has 0 atom stereocenters. The molecule has 0 unspecified atom stereocenters. The largest absolute Gasteiger partial charge is 0.330 e. The smallest absolute Gasteiger partial charge is 0.224 e. The molecule has 1 heterocycles. The van der Waals surface area contributed by atoms with E-state index in [0.717, 1.165) is 29.8 Å². The fourth-order valence-corrected chi connectivity index (χ4v) is 2.86. The van der Waals surface area contributed by atoms with Gasteiger partial charge in [-0.05, 0) is 43.0 Å². The predicted octanol–water partition coefficient (Wildman–Crippen LogP) is 2.53. The molecule has 1 amide bonds. The van der Waals surface area contributed by atoms with Gasteiger partial charge in [-0.2, -0.15) is 5.10 Å². The van der Waals surface area contributed by atoms with E-state index in [1.165, 1.54) is 6.42 Å². The van der Waals surface area contributed by atoms with Gasteiger partial charge in [0.1, 0.15) is 0 Å². The summed E-state index contributed by atoms with van der Waals surface area (Å²) in [6.07, 6.45) is 5.52. The second kappa shape index (κ2) is 5.69. The molecule has 1 fully saturated rings. The van der Waals surface area contributed by atoms with Gasteiger partial charge < -0.3 is 11.1 Å². The number of hydrogen-bond acceptors (Lipinski definition) is 3. The lowest BCUT2D eigenvalue weighted by molar-refractivity contribution is -0.119. The molecule has 21 heavy (non-hydrogen) atoms. The Morgan fingerprint density at radius 1 is 1.38 bits per heavy atom. The van der Waals surface area contributed by atoms with Gasteiger partial charge in [-0.3, -0.25) is 9.89 Å². The van der Waals surface area contributed by atoms with Crippen LogP contribution in [-0.4, -0.2) is 22.6 Å². The molecular formula is C16H20N4O. The highest BCUT2D eigenvalue weighted by molar-refractivity contribution is 5.92. The van der Waals surface area contributed by atoms with Crippen molar-refractivity contribution in [2.75, 3.05) is 11.9 Å². The summed E-state index contributed by atoms with van der Waals surface area (Å²) in [5, 5.41) is 9.84. The van der Waals surface area contributed by atoms with Crippen molar-refractivity contribution in [3.63, 3.8) is 0 Å². The molecule has 4 N–H and O–H groups in total. The number of benzene rings is 1. The molecule has 1 aromatic heterocycles. The van der Waals surface area contributed by atoms with Gasteiger partial charge in [-0.15, -0.1) is 0 Å². The van der Waals surface area contributed by atoms with Crippen molar-refractivity contribution in [3.8, 4) is 11.3 Å². The number of carbonyl (C=O) groups excluding carboxylic acids is 1. The molecule has 5 nitrogen and oxygen atoms in total. The maximum atomic E-state index is 12.2. The summed E-state index contributed by atoms with van der Waals surface area (Å²) in [4.78, 5) is 12.2. The van der Waals surface area contributed by atoms with Gasteiger partial charge in [0.05, 0.1) is 5.69 Å². The summed E-state index contributed by atoms with van der Waals surface area (Å²) in [6, 6.07) is 9.65.